The van der Waals surface area contributed by atoms with Gasteiger partial charge in [-0.2, -0.15) is 10.4 Å². The predicted octanol–water partition coefficient (Wildman–Crippen LogP) is -0.333. The van der Waals surface area contributed by atoms with Crippen LogP contribution in [-0.2, 0) is 47.5 Å². The fourth-order valence-corrected chi connectivity index (χ4v) is 4.15. The third-order valence-corrected chi connectivity index (χ3v) is 6.29. The Hall–Kier alpha value is -3.88. The number of nitrogens with two attached hydrogens (primary N) is 1. The minimum atomic E-state index is -1.95. The first-order chi connectivity index (χ1) is 19.7. The lowest BCUT2D eigenvalue weighted by Gasteiger charge is -2.29. The zero-order valence-electron chi connectivity index (χ0n) is 23.2. The van der Waals surface area contributed by atoms with Gasteiger partial charge in [0.1, 0.15) is 30.1 Å². The summed E-state index contributed by atoms with van der Waals surface area (Å²) in [6, 6.07) is 4.61. The molecule has 3 heterocycles. The van der Waals surface area contributed by atoms with E-state index in [0.717, 1.165) is 0 Å². The number of nitriles is 1. The van der Waals surface area contributed by atoms with E-state index >= 15 is 0 Å². The standard InChI is InChI=1S/C25H34N6O10/c1-15(24(34)37-4)29-14-38-12-25(11-26)22(40-19(33)8-10-36-3)21(39-18(32)7-9-35-2)20(41-25)16-5-6-17-23(27)28-13-30-31(16)17/h5-6,13,15,20-22,29H,7-10,12,14H2,1-4H3,(H2,27,28,30)/t15-,20-,21-,22-,25+/m0/s1. The number of nitrogen functional groups attached to an aromatic ring is 1. The summed E-state index contributed by atoms with van der Waals surface area (Å²) in [5, 5.41) is 17.4. The average Bonchev–Trinajstić information content (AvgIpc) is 3.53. The number of ether oxygens (including phenoxy) is 7. The summed E-state index contributed by atoms with van der Waals surface area (Å²) in [6.07, 6.45) is -2.90. The molecule has 41 heavy (non-hydrogen) atoms. The van der Waals surface area contributed by atoms with Crippen LogP contribution in [0.15, 0.2) is 18.5 Å². The minimum absolute atomic E-state index is 0.0546. The molecule has 0 radical (unpaired) electrons. The van der Waals surface area contributed by atoms with Gasteiger partial charge in [0.15, 0.2) is 18.0 Å². The molecular weight excluding hydrogens is 544 g/mol. The molecule has 2 aromatic heterocycles. The van der Waals surface area contributed by atoms with Crippen LogP contribution < -0.4 is 11.1 Å². The van der Waals surface area contributed by atoms with Gasteiger partial charge in [0, 0.05) is 14.2 Å². The smallest absolute Gasteiger partial charge is 0.322 e. The number of anilines is 1. The van der Waals surface area contributed by atoms with Gasteiger partial charge in [0.05, 0.1) is 52.2 Å². The second-order valence-electron chi connectivity index (χ2n) is 9.03. The molecule has 1 saturated heterocycles. The highest BCUT2D eigenvalue weighted by Gasteiger charge is 2.61. The van der Waals surface area contributed by atoms with Crippen LogP contribution in [0.3, 0.4) is 0 Å². The molecule has 0 saturated carbocycles. The van der Waals surface area contributed by atoms with E-state index in [1.807, 2.05) is 0 Å². The maximum atomic E-state index is 12.8. The monoisotopic (exact) mass is 578 g/mol. The van der Waals surface area contributed by atoms with Gasteiger partial charge in [-0.3, -0.25) is 19.7 Å². The van der Waals surface area contributed by atoms with E-state index in [2.05, 4.69) is 26.2 Å². The van der Waals surface area contributed by atoms with Crippen molar-refractivity contribution in [3.8, 4) is 6.07 Å². The summed E-state index contributed by atoms with van der Waals surface area (Å²) < 4.78 is 39.5. The van der Waals surface area contributed by atoms with Crippen LogP contribution in [0.5, 0.6) is 0 Å². The van der Waals surface area contributed by atoms with Crippen molar-refractivity contribution in [1.82, 2.24) is 19.9 Å². The van der Waals surface area contributed by atoms with Crippen molar-refractivity contribution in [1.29, 1.82) is 5.26 Å². The summed E-state index contributed by atoms with van der Waals surface area (Å²) in [5.74, 6) is -1.74. The summed E-state index contributed by atoms with van der Waals surface area (Å²) in [4.78, 5) is 41.2. The molecule has 16 heteroatoms. The molecule has 0 aliphatic carbocycles. The Kier molecular flexibility index (Phi) is 11.3. The average molecular weight is 579 g/mol. The quantitative estimate of drug-likeness (QED) is 0.120. The van der Waals surface area contributed by atoms with Gasteiger partial charge < -0.3 is 38.9 Å². The van der Waals surface area contributed by atoms with Crippen LogP contribution in [0.1, 0.15) is 31.6 Å². The van der Waals surface area contributed by atoms with Crippen LogP contribution in [0.4, 0.5) is 5.82 Å². The first-order valence-corrected chi connectivity index (χ1v) is 12.6. The molecule has 0 bridgehead atoms. The van der Waals surface area contributed by atoms with E-state index in [-0.39, 0.29) is 38.6 Å². The highest BCUT2D eigenvalue weighted by Crippen LogP contribution is 2.44. The number of hydrogen-bond donors (Lipinski definition) is 2. The van der Waals surface area contributed by atoms with E-state index in [9.17, 15) is 19.6 Å². The van der Waals surface area contributed by atoms with Gasteiger partial charge in [-0.25, -0.2) is 9.50 Å². The van der Waals surface area contributed by atoms with Gasteiger partial charge in [-0.1, -0.05) is 0 Å². The molecule has 1 fully saturated rings. The molecule has 0 unspecified atom stereocenters. The molecule has 3 rings (SSSR count). The molecule has 1 aliphatic rings. The maximum absolute atomic E-state index is 12.8. The molecule has 3 N–H and O–H groups in total. The van der Waals surface area contributed by atoms with Crippen LogP contribution in [-0.4, -0.2) is 104 Å². The highest BCUT2D eigenvalue weighted by molar-refractivity contribution is 5.75. The third-order valence-electron chi connectivity index (χ3n) is 6.29. The van der Waals surface area contributed by atoms with E-state index < -0.39 is 54.5 Å². The Morgan fingerprint density at radius 2 is 1.85 bits per heavy atom. The van der Waals surface area contributed by atoms with Gasteiger partial charge in [0.2, 0.25) is 5.60 Å². The third kappa shape index (κ3) is 7.45. The second kappa shape index (κ2) is 14.7. The number of nitrogens with zero attached hydrogens (tertiary/aromatic N) is 4. The number of carbonyl (C=O) groups is 3. The van der Waals surface area contributed by atoms with E-state index in [1.54, 1.807) is 19.1 Å². The number of esters is 3. The molecule has 0 amide bonds. The first kappa shape index (κ1) is 31.6. The van der Waals surface area contributed by atoms with Gasteiger partial charge in [-0.15, -0.1) is 0 Å². The topological polar surface area (TPSA) is 208 Å². The lowest BCUT2D eigenvalue weighted by atomic mass is 9.95. The fraction of sp³-hybridized carbons (Fsp3) is 0.600. The number of carbonyl (C=O) groups excluding carboxylic acids is 3. The second-order valence-corrected chi connectivity index (χ2v) is 9.03. The van der Waals surface area contributed by atoms with E-state index in [0.29, 0.717) is 11.2 Å². The number of methoxy groups -OCH3 is 3. The van der Waals surface area contributed by atoms with Gasteiger partial charge in [-0.05, 0) is 19.1 Å². The number of aromatic nitrogens is 3. The molecule has 16 nitrogen and oxygen atoms in total. The Bertz CT molecular complexity index is 1250. The largest absolute Gasteiger partial charge is 0.468 e. The number of rotatable bonds is 15. The minimum Gasteiger partial charge on any atom is -0.468 e. The van der Waals surface area contributed by atoms with Crippen molar-refractivity contribution < 1.29 is 47.5 Å². The number of fused-ring (bicyclic) bond motifs is 1. The van der Waals surface area contributed by atoms with Crippen LogP contribution in [0.25, 0.3) is 5.52 Å². The van der Waals surface area contributed by atoms with E-state index in [4.69, 9.17) is 34.2 Å². The highest BCUT2D eigenvalue weighted by atomic mass is 16.7. The SMILES string of the molecule is COCCC(=O)O[C@H]1[C@H](c2ccc3c(N)ncnn23)O[C@](C#N)(COCN[C@@H](C)C(=O)OC)[C@H]1OC(=O)CCOC. The molecule has 5 atom stereocenters. The van der Waals surface area contributed by atoms with Crippen molar-refractivity contribution in [2.75, 3.05) is 53.6 Å². The molecule has 0 aromatic carbocycles. The lowest BCUT2D eigenvalue weighted by Crippen LogP contribution is -2.50. The molecule has 224 valence electrons. The zero-order chi connectivity index (χ0) is 30.0. The van der Waals surface area contributed by atoms with Crippen molar-refractivity contribution >= 4 is 29.2 Å². The molecule has 1 aliphatic heterocycles. The van der Waals surface area contributed by atoms with Crippen molar-refractivity contribution in [2.24, 2.45) is 0 Å². The van der Waals surface area contributed by atoms with Crippen molar-refractivity contribution in [3.63, 3.8) is 0 Å². The van der Waals surface area contributed by atoms with E-state index in [1.165, 1.54) is 32.2 Å². The van der Waals surface area contributed by atoms with Gasteiger partial charge in [0.25, 0.3) is 0 Å². The van der Waals surface area contributed by atoms with Crippen LogP contribution in [0, 0.1) is 11.3 Å². The normalized spacial score (nSPS) is 22.7. The predicted molar refractivity (Wildman–Crippen MR) is 138 cm³/mol. The Balaban J connectivity index is 1.99. The Morgan fingerprint density at radius 3 is 2.49 bits per heavy atom. The van der Waals surface area contributed by atoms with Gasteiger partial charge >= 0.3 is 17.9 Å². The summed E-state index contributed by atoms with van der Waals surface area (Å²) in [7, 11) is 4.10. The maximum Gasteiger partial charge on any atom is 0.322 e. The first-order valence-electron chi connectivity index (χ1n) is 12.6. The Morgan fingerprint density at radius 1 is 1.17 bits per heavy atom. The summed E-state index contributed by atoms with van der Waals surface area (Å²) in [6.45, 7) is 1.07. The molecule has 0 spiro atoms. The summed E-state index contributed by atoms with van der Waals surface area (Å²) >= 11 is 0. The van der Waals surface area contributed by atoms with Crippen molar-refractivity contribution in [2.45, 2.75) is 49.7 Å². The van der Waals surface area contributed by atoms with Crippen molar-refractivity contribution in [3.05, 3.63) is 24.2 Å². The fourth-order valence-electron chi connectivity index (χ4n) is 4.15. The molecule has 2 aromatic rings. The zero-order valence-corrected chi connectivity index (χ0v) is 23.2. The van der Waals surface area contributed by atoms with Crippen LogP contribution in [0.2, 0.25) is 0 Å². The Labute approximate surface area is 235 Å². The number of nitrogens with one attached hydrogen (secondary N) is 1. The lowest BCUT2D eigenvalue weighted by molar-refractivity contribution is -0.172. The van der Waals surface area contributed by atoms with Crippen LogP contribution >= 0.6 is 0 Å². The molecular formula is C25H34N6O10. The number of hydrogen-bond acceptors (Lipinski definition) is 15. The summed E-state index contributed by atoms with van der Waals surface area (Å²) in [5.41, 5.74) is 4.84.